The van der Waals surface area contributed by atoms with Crippen LogP contribution in [0.3, 0.4) is 0 Å². The van der Waals surface area contributed by atoms with Crippen molar-refractivity contribution < 1.29 is 13.2 Å². The predicted molar refractivity (Wildman–Crippen MR) is 108 cm³/mol. The number of rotatable bonds is 5. The van der Waals surface area contributed by atoms with Crippen LogP contribution in [-0.2, 0) is 10.0 Å². The molecule has 0 aliphatic rings. The molecule has 3 aromatic carbocycles. The maximum absolute atomic E-state index is 12.8. The second-order valence-electron chi connectivity index (χ2n) is 5.77. The number of benzene rings is 3. The average molecular weight is 401 g/mol. The molecular formula is C20H17ClN2O3S. The van der Waals surface area contributed by atoms with Crippen molar-refractivity contribution in [1.82, 2.24) is 0 Å². The minimum Gasteiger partial charge on any atom is -0.322 e. The molecule has 138 valence electrons. The van der Waals surface area contributed by atoms with Gasteiger partial charge in [0, 0.05) is 12.7 Å². The van der Waals surface area contributed by atoms with Gasteiger partial charge in [0.25, 0.3) is 15.9 Å². The van der Waals surface area contributed by atoms with Crippen LogP contribution in [0.4, 0.5) is 11.4 Å². The molecule has 0 fully saturated rings. The van der Waals surface area contributed by atoms with Gasteiger partial charge in [-0.15, -0.1) is 0 Å². The second-order valence-corrected chi connectivity index (χ2v) is 8.15. The van der Waals surface area contributed by atoms with E-state index in [-0.39, 0.29) is 15.5 Å². The van der Waals surface area contributed by atoms with Gasteiger partial charge in [-0.05, 0) is 42.5 Å². The van der Waals surface area contributed by atoms with Crippen LogP contribution in [0, 0.1) is 0 Å². The minimum atomic E-state index is -3.75. The topological polar surface area (TPSA) is 66.5 Å². The van der Waals surface area contributed by atoms with Crippen LogP contribution in [0.1, 0.15) is 10.4 Å². The maximum atomic E-state index is 12.8. The van der Waals surface area contributed by atoms with Gasteiger partial charge in [-0.2, -0.15) is 0 Å². The Morgan fingerprint density at radius 3 is 2.15 bits per heavy atom. The molecule has 0 saturated carbocycles. The SMILES string of the molecule is CN(c1ccc(Cl)c(C(=O)Nc2ccccc2)c1)S(=O)(=O)c1ccccc1. The lowest BCUT2D eigenvalue weighted by atomic mass is 10.1. The fraction of sp³-hybridized carbons (Fsp3) is 0.0500. The number of nitrogens with one attached hydrogen (secondary N) is 1. The third-order valence-electron chi connectivity index (χ3n) is 3.99. The van der Waals surface area contributed by atoms with E-state index >= 15 is 0 Å². The molecule has 1 N–H and O–H groups in total. The molecule has 0 aromatic heterocycles. The molecule has 3 aromatic rings. The Hall–Kier alpha value is -2.83. The normalized spacial score (nSPS) is 11.0. The monoisotopic (exact) mass is 400 g/mol. The fourth-order valence-electron chi connectivity index (χ4n) is 2.49. The summed E-state index contributed by atoms with van der Waals surface area (Å²) >= 11 is 6.16. The highest BCUT2D eigenvalue weighted by molar-refractivity contribution is 7.92. The number of nitrogens with zero attached hydrogens (tertiary/aromatic N) is 1. The summed E-state index contributed by atoms with van der Waals surface area (Å²) in [5.41, 5.74) is 1.14. The first kappa shape index (κ1) is 18.9. The lowest BCUT2D eigenvalue weighted by molar-refractivity contribution is 0.102. The van der Waals surface area contributed by atoms with Gasteiger partial charge >= 0.3 is 0 Å². The molecule has 0 atom stereocenters. The molecular weight excluding hydrogens is 384 g/mol. The molecule has 5 nitrogen and oxygen atoms in total. The number of halogens is 1. The molecule has 0 unspecified atom stereocenters. The van der Waals surface area contributed by atoms with E-state index in [1.54, 1.807) is 48.5 Å². The van der Waals surface area contributed by atoms with E-state index in [4.69, 9.17) is 11.6 Å². The summed E-state index contributed by atoms with van der Waals surface area (Å²) < 4.78 is 26.7. The summed E-state index contributed by atoms with van der Waals surface area (Å²) in [5, 5.41) is 2.98. The van der Waals surface area contributed by atoms with Crippen molar-refractivity contribution in [2.24, 2.45) is 0 Å². The number of hydrogen-bond donors (Lipinski definition) is 1. The highest BCUT2D eigenvalue weighted by Crippen LogP contribution is 2.27. The molecule has 0 bridgehead atoms. The Morgan fingerprint density at radius 1 is 0.926 bits per heavy atom. The Labute approximate surface area is 163 Å². The highest BCUT2D eigenvalue weighted by atomic mass is 35.5. The molecule has 7 heteroatoms. The van der Waals surface area contributed by atoms with Crippen LogP contribution in [0.15, 0.2) is 83.8 Å². The number of carbonyl (C=O) groups is 1. The molecule has 0 radical (unpaired) electrons. The van der Waals surface area contributed by atoms with E-state index in [1.807, 2.05) is 6.07 Å². The Morgan fingerprint density at radius 2 is 1.52 bits per heavy atom. The van der Waals surface area contributed by atoms with Gasteiger partial charge in [0.2, 0.25) is 0 Å². The summed E-state index contributed by atoms with van der Waals surface area (Å²) in [6.45, 7) is 0. The van der Waals surface area contributed by atoms with Crippen molar-refractivity contribution in [2.75, 3.05) is 16.7 Å². The Bertz CT molecular complexity index is 1060. The summed E-state index contributed by atoms with van der Waals surface area (Å²) in [4.78, 5) is 12.7. The van der Waals surface area contributed by atoms with Gasteiger partial charge in [0.05, 0.1) is 21.2 Å². The van der Waals surface area contributed by atoms with Crippen molar-refractivity contribution in [3.8, 4) is 0 Å². The number of carbonyl (C=O) groups excluding carboxylic acids is 1. The quantitative estimate of drug-likeness (QED) is 0.689. The van der Waals surface area contributed by atoms with E-state index in [0.717, 1.165) is 4.31 Å². The summed E-state index contributed by atoms with van der Waals surface area (Å²) in [7, 11) is -2.31. The third kappa shape index (κ3) is 4.13. The van der Waals surface area contributed by atoms with E-state index in [2.05, 4.69) is 5.32 Å². The van der Waals surface area contributed by atoms with Crippen molar-refractivity contribution in [3.05, 3.63) is 89.4 Å². The molecule has 0 heterocycles. The van der Waals surface area contributed by atoms with E-state index < -0.39 is 15.9 Å². The Balaban J connectivity index is 1.92. The molecule has 3 rings (SSSR count). The molecule has 0 saturated heterocycles. The minimum absolute atomic E-state index is 0.165. The van der Waals surface area contributed by atoms with E-state index in [9.17, 15) is 13.2 Å². The van der Waals surface area contributed by atoms with Crippen LogP contribution in [-0.4, -0.2) is 21.4 Å². The summed E-state index contributed by atoms with van der Waals surface area (Å²) in [6.07, 6.45) is 0. The molecule has 1 amide bonds. The average Bonchev–Trinajstić information content (AvgIpc) is 2.69. The number of anilines is 2. The largest absolute Gasteiger partial charge is 0.322 e. The van der Waals surface area contributed by atoms with Crippen LogP contribution >= 0.6 is 11.6 Å². The van der Waals surface area contributed by atoms with Crippen LogP contribution in [0.25, 0.3) is 0 Å². The van der Waals surface area contributed by atoms with Gasteiger partial charge in [0.1, 0.15) is 0 Å². The maximum Gasteiger partial charge on any atom is 0.264 e. The Kier molecular flexibility index (Phi) is 5.48. The zero-order valence-electron chi connectivity index (χ0n) is 14.5. The van der Waals surface area contributed by atoms with Crippen molar-refractivity contribution >= 4 is 38.9 Å². The zero-order chi connectivity index (χ0) is 19.4. The van der Waals surface area contributed by atoms with Gasteiger partial charge in [0.15, 0.2) is 0 Å². The molecule has 0 aliphatic carbocycles. The smallest absolute Gasteiger partial charge is 0.264 e. The zero-order valence-corrected chi connectivity index (χ0v) is 16.0. The van der Waals surface area contributed by atoms with Crippen molar-refractivity contribution in [3.63, 3.8) is 0 Å². The van der Waals surface area contributed by atoms with Crippen LogP contribution < -0.4 is 9.62 Å². The molecule has 0 spiro atoms. The lowest BCUT2D eigenvalue weighted by Gasteiger charge is -2.20. The predicted octanol–water partition coefficient (Wildman–Crippen LogP) is 4.42. The van der Waals surface area contributed by atoms with Crippen molar-refractivity contribution in [2.45, 2.75) is 4.90 Å². The second kappa shape index (κ2) is 7.82. The van der Waals surface area contributed by atoms with Crippen molar-refractivity contribution in [1.29, 1.82) is 0 Å². The van der Waals surface area contributed by atoms with Gasteiger partial charge in [-0.1, -0.05) is 48.0 Å². The third-order valence-corrected chi connectivity index (χ3v) is 6.12. The number of sulfonamides is 1. The number of hydrogen-bond acceptors (Lipinski definition) is 3. The first-order valence-corrected chi connectivity index (χ1v) is 9.91. The highest BCUT2D eigenvalue weighted by Gasteiger charge is 2.22. The molecule has 0 aliphatic heterocycles. The first-order chi connectivity index (χ1) is 12.9. The van der Waals surface area contributed by atoms with E-state index in [0.29, 0.717) is 11.4 Å². The van der Waals surface area contributed by atoms with E-state index in [1.165, 1.54) is 31.3 Å². The number of para-hydroxylation sites is 1. The van der Waals surface area contributed by atoms with Gasteiger partial charge < -0.3 is 5.32 Å². The van der Waals surface area contributed by atoms with Gasteiger partial charge in [-0.3, -0.25) is 9.10 Å². The standard InChI is InChI=1S/C20H17ClN2O3S/c1-23(27(25,26)17-10-6-3-7-11-17)16-12-13-19(21)18(14-16)20(24)22-15-8-4-2-5-9-15/h2-14H,1H3,(H,22,24). The van der Waals surface area contributed by atoms with Crippen LogP contribution in [0.2, 0.25) is 5.02 Å². The summed E-state index contributed by atoms with van der Waals surface area (Å²) in [6, 6.07) is 21.6. The van der Waals surface area contributed by atoms with Crippen LogP contribution in [0.5, 0.6) is 0 Å². The van der Waals surface area contributed by atoms with Gasteiger partial charge in [-0.25, -0.2) is 8.42 Å². The first-order valence-electron chi connectivity index (χ1n) is 8.09. The summed E-state index contributed by atoms with van der Waals surface area (Å²) in [5.74, 6) is -0.418. The number of amides is 1. The fourth-order valence-corrected chi connectivity index (χ4v) is 3.90. The molecule has 27 heavy (non-hydrogen) atoms. The lowest BCUT2D eigenvalue weighted by Crippen LogP contribution is -2.27.